The summed E-state index contributed by atoms with van der Waals surface area (Å²) in [5.74, 6) is -0.211. The van der Waals surface area contributed by atoms with Crippen molar-refractivity contribution < 1.29 is 4.79 Å². The van der Waals surface area contributed by atoms with Crippen molar-refractivity contribution in [1.82, 2.24) is 20.3 Å². The van der Waals surface area contributed by atoms with Crippen molar-refractivity contribution in [2.24, 2.45) is 0 Å². The maximum Gasteiger partial charge on any atom is 0.270 e. The first-order chi connectivity index (χ1) is 10.2. The van der Waals surface area contributed by atoms with Gasteiger partial charge in [-0.05, 0) is 25.1 Å². The lowest BCUT2D eigenvalue weighted by Crippen LogP contribution is -2.24. The minimum Gasteiger partial charge on any atom is -0.345 e. The number of nitrogens with one attached hydrogen (secondary N) is 1. The van der Waals surface area contributed by atoms with Crippen molar-refractivity contribution >= 4 is 16.8 Å². The summed E-state index contributed by atoms with van der Waals surface area (Å²) in [5, 5.41) is 3.83. The zero-order valence-corrected chi connectivity index (χ0v) is 11.6. The van der Waals surface area contributed by atoms with Gasteiger partial charge in [0.15, 0.2) is 0 Å². The zero-order chi connectivity index (χ0) is 14.7. The molecule has 104 valence electrons. The minimum atomic E-state index is -0.211. The Morgan fingerprint density at radius 1 is 1.14 bits per heavy atom. The second-order valence-electron chi connectivity index (χ2n) is 4.72. The third kappa shape index (κ3) is 3.02. The Balaban J connectivity index is 1.74. The van der Waals surface area contributed by atoms with E-state index in [0.29, 0.717) is 12.2 Å². The molecule has 3 aromatic rings. The van der Waals surface area contributed by atoms with Gasteiger partial charge in [-0.15, -0.1) is 0 Å². The molecule has 0 saturated carbocycles. The summed E-state index contributed by atoms with van der Waals surface area (Å²) in [6.07, 6.45) is 1.49. The number of fused-ring (bicyclic) bond motifs is 1. The van der Waals surface area contributed by atoms with Gasteiger partial charge in [0.05, 0.1) is 17.8 Å². The molecule has 1 aromatic carbocycles. The highest BCUT2D eigenvalue weighted by Gasteiger charge is 2.08. The smallest absolute Gasteiger partial charge is 0.270 e. The largest absolute Gasteiger partial charge is 0.345 e. The SMILES string of the molecule is Cc1cc(CNC(=O)c2ccc3ccccc3n2)ncn1. The number of benzene rings is 1. The Labute approximate surface area is 122 Å². The van der Waals surface area contributed by atoms with Crippen LogP contribution in [-0.4, -0.2) is 20.9 Å². The van der Waals surface area contributed by atoms with E-state index < -0.39 is 0 Å². The van der Waals surface area contributed by atoms with Gasteiger partial charge in [-0.1, -0.05) is 24.3 Å². The van der Waals surface area contributed by atoms with Crippen LogP contribution in [0.1, 0.15) is 21.9 Å². The van der Waals surface area contributed by atoms with E-state index in [-0.39, 0.29) is 5.91 Å². The summed E-state index contributed by atoms with van der Waals surface area (Å²) in [7, 11) is 0. The number of para-hydroxylation sites is 1. The molecule has 0 saturated heterocycles. The molecule has 2 heterocycles. The van der Waals surface area contributed by atoms with Crippen LogP contribution in [0.2, 0.25) is 0 Å². The molecule has 0 radical (unpaired) electrons. The fourth-order valence-electron chi connectivity index (χ4n) is 2.06. The summed E-state index contributed by atoms with van der Waals surface area (Å²) in [6.45, 7) is 2.24. The number of amides is 1. The highest BCUT2D eigenvalue weighted by atomic mass is 16.1. The molecule has 5 heteroatoms. The van der Waals surface area contributed by atoms with Crippen LogP contribution < -0.4 is 5.32 Å². The van der Waals surface area contributed by atoms with Gasteiger partial charge < -0.3 is 5.32 Å². The average molecular weight is 278 g/mol. The van der Waals surface area contributed by atoms with Crippen LogP contribution >= 0.6 is 0 Å². The summed E-state index contributed by atoms with van der Waals surface area (Å²) in [6, 6.07) is 13.2. The molecule has 0 spiro atoms. The lowest BCUT2D eigenvalue weighted by Gasteiger charge is -2.05. The van der Waals surface area contributed by atoms with Crippen molar-refractivity contribution in [2.75, 3.05) is 0 Å². The van der Waals surface area contributed by atoms with Gasteiger partial charge in [-0.2, -0.15) is 0 Å². The molecule has 3 rings (SSSR count). The van der Waals surface area contributed by atoms with E-state index in [4.69, 9.17) is 0 Å². The number of carbonyl (C=O) groups excluding carboxylic acids is 1. The Morgan fingerprint density at radius 2 is 2.00 bits per heavy atom. The number of aryl methyl sites for hydroxylation is 1. The summed E-state index contributed by atoms with van der Waals surface area (Å²) in [4.78, 5) is 24.6. The van der Waals surface area contributed by atoms with Crippen LogP contribution in [0.3, 0.4) is 0 Å². The second-order valence-corrected chi connectivity index (χ2v) is 4.72. The number of nitrogens with zero attached hydrogens (tertiary/aromatic N) is 3. The molecule has 5 nitrogen and oxygen atoms in total. The van der Waals surface area contributed by atoms with Gasteiger partial charge in [0.1, 0.15) is 12.0 Å². The van der Waals surface area contributed by atoms with E-state index in [9.17, 15) is 4.79 Å². The number of pyridine rings is 1. The standard InChI is InChI=1S/C16H14N4O/c1-11-8-13(19-10-18-11)9-17-16(21)15-7-6-12-4-2-3-5-14(12)20-15/h2-8,10H,9H2,1H3,(H,17,21). The van der Waals surface area contributed by atoms with Gasteiger partial charge in [0.25, 0.3) is 5.91 Å². The second kappa shape index (κ2) is 5.66. The van der Waals surface area contributed by atoms with Crippen molar-refractivity contribution in [3.63, 3.8) is 0 Å². The average Bonchev–Trinajstić information content (AvgIpc) is 2.52. The number of hydrogen-bond donors (Lipinski definition) is 1. The third-order valence-corrected chi connectivity index (χ3v) is 3.12. The molecular formula is C16H14N4O. The molecule has 0 unspecified atom stereocenters. The maximum absolute atomic E-state index is 12.1. The van der Waals surface area contributed by atoms with E-state index in [2.05, 4.69) is 20.3 Å². The van der Waals surface area contributed by atoms with Gasteiger partial charge in [0.2, 0.25) is 0 Å². The topological polar surface area (TPSA) is 67.8 Å². The van der Waals surface area contributed by atoms with Gasteiger partial charge in [0, 0.05) is 11.1 Å². The first-order valence-corrected chi connectivity index (χ1v) is 6.64. The fraction of sp³-hybridized carbons (Fsp3) is 0.125. The number of aromatic nitrogens is 3. The summed E-state index contributed by atoms with van der Waals surface area (Å²) >= 11 is 0. The van der Waals surface area contributed by atoms with E-state index in [0.717, 1.165) is 22.3 Å². The molecule has 0 fully saturated rings. The molecule has 21 heavy (non-hydrogen) atoms. The number of hydrogen-bond acceptors (Lipinski definition) is 4. The van der Waals surface area contributed by atoms with Crippen molar-refractivity contribution in [2.45, 2.75) is 13.5 Å². The Bertz CT molecular complexity index is 801. The van der Waals surface area contributed by atoms with Crippen LogP contribution in [0.4, 0.5) is 0 Å². The highest BCUT2D eigenvalue weighted by Crippen LogP contribution is 2.11. The van der Waals surface area contributed by atoms with Crippen LogP contribution in [0.25, 0.3) is 10.9 Å². The Kier molecular flexibility index (Phi) is 3.55. The Morgan fingerprint density at radius 3 is 2.86 bits per heavy atom. The minimum absolute atomic E-state index is 0.211. The molecule has 1 N–H and O–H groups in total. The summed E-state index contributed by atoms with van der Waals surface area (Å²) < 4.78 is 0. The quantitative estimate of drug-likeness (QED) is 0.798. The highest BCUT2D eigenvalue weighted by molar-refractivity contribution is 5.94. The zero-order valence-electron chi connectivity index (χ0n) is 11.6. The van der Waals surface area contributed by atoms with E-state index in [1.54, 1.807) is 6.07 Å². The van der Waals surface area contributed by atoms with Gasteiger partial charge >= 0.3 is 0 Å². The first kappa shape index (κ1) is 13.2. The van der Waals surface area contributed by atoms with Crippen molar-refractivity contribution in [3.05, 3.63) is 65.9 Å². The fourth-order valence-corrected chi connectivity index (χ4v) is 2.06. The molecule has 0 atom stereocenters. The summed E-state index contributed by atoms with van der Waals surface area (Å²) in [5.41, 5.74) is 2.86. The van der Waals surface area contributed by atoms with Crippen LogP contribution in [0.15, 0.2) is 48.8 Å². The van der Waals surface area contributed by atoms with E-state index in [1.165, 1.54) is 6.33 Å². The molecule has 0 aliphatic heterocycles. The number of rotatable bonds is 3. The van der Waals surface area contributed by atoms with Crippen LogP contribution in [-0.2, 0) is 6.54 Å². The van der Waals surface area contributed by atoms with Crippen LogP contribution in [0, 0.1) is 6.92 Å². The van der Waals surface area contributed by atoms with Crippen molar-refractivity contribution in [3.8, 4) is 0 Å². The van der Waals surface area contributed by atoms with E-state index in [1.807, 2.05) is 43.3 Å². The third-order valence-electron chi connectivity index (χ3n) is 3.12. The lowest BCUT2D eigenvalue weighted by molar-refractivity contribution is 0.0946. The predicted molar refractivity (Wildman–Crippen MR) is 79.7 cm³/mol. The van der Waals surface area contributed by atoms with Crippen molar-refractivity contribution in [1.29, 1.82) is 0 Å². The predicted octanol–water partition coefficient (Wildman–Crippen LogP) is 2.26. The maximum atomic E-state index is 12.1. The van der Waals surface area contributed by atoms with Gasteiger partial charge in [-0.25, -0.2) is 15.0 Å². The normalized spacial score (nSPS) is 10.5. The molecule has 0 aliphatic rings. The molecule has 0 bridgehead atoms. The van der Waals surface area contributed by atoms with Crippen LogP contribution in [0.5, 0.6) is 0 Å². The molecule has 1 amide bonds. The van der Waals surface area contributed by atoms with Gasteiger partial charge in [-0.3, -0.25) is 4.79 Å². The number of carbonyl (C=O) groups is 1. The monoisotopic (exact) mass is 278 g/mol. The molecule has 2 aromatic heterocycles. The molecular weight excluding hydrogens is 264 g/mol. The van der Waals surface area contributed by atoms with E-state index >= 15 is 0 Å². The lowest BCUT2D eigenvalue weighted by atomic mass is 10.2. The molecule has 0 aliphatic carbocycles. The Hall–Kier alpha value is -2.82. The first-order valence-electron chi connectivity index (χ1n) is 6.64.